The smallest absolute Gasteiger partial charge is 0.340 e. The topological polar surface area (TPSA) is 84.9 Å². The van der Waals surface area contributed by atoms with Gasteiger partial charge in [-0.1, -0.05) is 0 Å². The van der Waals surface area contributed by atoms with Gasteiger partial charge in [0.05, 0.1) is 31.5 Å². The highest BCUT2D eigenvalue weighted by Gasteiger charge is 2.19. The minimum Gasteiger partial charge on any atom is -0.464 e. The largest absolute Gasteiger partial charge is 0.464 e. The molecule has 7 heteroatoms. The second-order valence-corrected chi connectivity index (χ2v) is 7.65. The van der Waals surface area contributed by atoms with Crippen molar-refractivity contribution in [3.05, 3.63) is 45.0 Å². The summed E-state index contributed by atoms with van der Waals surface area (Å²) < 4.78 is 16.5. The van der Waals surface area contributed by atoms with Crippen LogP contribution in [0.5, 0.6) is 0 Å². The van der Waals surface area contributed by atoms with Gasteiger partial charge in [-0.25, -0.2) is 4.79 Å². The minimum absolute atomic E-state index is 0.00860. The number of furan rings is 1. The van der Waals surface area contributed by atoms with Crippen LogP contribution in [0.1, 0.15) is 22.3 Å². The monoisotopic (exact) mass is 398 g/mol. The molecule has 1 amide bonds. The molecule has 0 unspecified atom stereocenters. The van der Waals surface area contributed by atoms with E-state index in [1.54, 1.807) is 6.26 Å². The van der Waals surface area contributed by atoms with Crippen molar-refractivity contribution in [2.45, 2.75) is 27.2 Å². The van der Waals surface area contributed by atoms with Crippen LogP contribution in [0, 0.1) is 20.8 Å². The summed E-state index contributed by atoms with van der Waals surface area (Å²) in [7, 11) is 0. The predicted octanol–water partition coefficient (Wildman–Crippen LogP) is 2.46. The summed E-state index contributed by atoms with van der Waals surface area (Å²) in [6, 6.07) is 1.98. The van der Waals surface area contributed by atoms with Crippen molar-refractivity contribution < 1.29 is 18.4 Å². The number of rotatable bonds is 5. The maximum absolute atomic E-state index is 12.6. The lowest BCUT2D eigenvalue weighted by molar-refractivity contribution is -0.120. The number of carbonyl (C=O) groups is 1. The first kappa shape index (κ1) is 19.7. The van der Waals surface area contributed by atoms with Crippen molar-refractivity contribution in [1.29, 1.82) is 0 Å². The maximum atomic E-state index is 12.6. The number of morpholine rings is 1. The molecule has 1 fully saturated rings. The van der Waals surface area contributed by atoms with Gasteiger partial charge in [-0.05, 0) is 38.0 Å². The number of benzene rings is 1. The Balaban J connectivity index is 1.55. The SMILES string of the molecule is Cc1coc2c(C)c3oc(=O)c(CC(=O)NCCN4CCOCC4)c(C)c3cc12. The Kier molecular flexibility index (Phi) is 5.43. The van der Waals surface area contributed by atoms with E-state index in [-0.39, 0.29) is 12.3 Å². The van der Waals surface area contributed by atoms with E-state index >= 15 is 0 Å². The van der Waals surface area contributed by atoms with Crippen molar-refractivity contribution in [3.8, 4) is 0 Å². The molecular formula is C22H26N2O5. The first-order valence-electron chi connectivity index (χ1n) is 9.96. The van der Waals surface area contributed by atoms with Crippen LogP contribution in [0.2, 0.25) is 0 Å². The van der Waals surface area contributed by atoms with Gasteiger partial charge in [-0.15, -0.1) is 0 Å². The summed E-state index contributed by atoms with van der Waals surface area (Å²) in [5.74, 6) is -0.176. The molecule has 0 aliphatic carbocycles. The Morgan fingerprint density at radius 3 is 2.62 bits per heavy atom. The lowest BCUT2D eigenvalue weighted by atomic mass is 9.99. The summed E-state index contributed by atoms with van der Waals surface area (Å²) in [4.78, 5) is 27.3. The Morgan fingerprint density at radius 2 is 1.86 bits per heavy atom. The highest BCUT2D eigenvalue weighted by atomic mass is 16.5. The molecule has 0 atom stereocenters. The molecule has 2 aromatic heterocycles. The molecule has 0 spiro atoms. The van der Waals surface area contributed by atoms with Crippen molar-refractivity contribution in [2.24, 2.45) is 0 Å². The van der Waals surface area contributed by atoms with Crippen LogP contribution in [0.15, 0.2) is 26.0 Å². The van der Waals surface area contributed by atoms with Crippen molar-refractivity contribution >= 4 is 27.8 Å². The third-order valence-corrected chi connectivity index (χ3v) is 5.73. The molecule has 0 bridgehead atoms. The molecule has 0 radical (unpaired) electrons. The number of amides is 1. The molecule has 1 aromatic carbocycles. The zero-order valence-electron chi connectivity index (χ0n) is 17.1. The maximum Gasteiger partial charge on any atom is 0.340 e. The van der Waals surface area contributed by atoms with Crippen LogP contribution in [-0.2, 0) is 16.0 Å². The molecule has 4 rings (SSSR count). The van der Waals surface area contributed by atoms with E-state index in [0.717, 1.165) is 65.9 Å². The van der Waals surface area contributed by atoms with E-state index < -0.39 is 5.63 Å². The molecule has 7 nitrogen and oxygen atoms in total. The number of hydrogen-bond acceptors (Lipinski definition) is 6. The molecule has 1 aliphatic rings. The van der Waals surface area contributed by atoms with Crippen LogP contribution in [0.4, 0.5) is 0 Å². The van der Waals surface area contributed by atoms with E-state index in [2.05, 4.69) is 10.2 Å². The Labute approximate surface area is 168 Å². The first-order chi connectivity index (χ1) is 14.0. The van der Waals surface area contributed by atoms with Gasteiger partial charge >= 0.3 is 5.63 Å². The van der Waals surface area contributed by atoms with Crippen molar-refractivity contribution in [2.75, 3.05) is 39.4 Å². The van der Waals surface area contributed by atoms with Gasteiger partial charge < -0.3 is 18.9 Å². The van der Waals surface area contributed by atoms with Gasteiger partial charge in [0.2, 0.25) is 5.91 Å². The zero-order chi connectivity index (χ0) is 20.5. The Bertz CT molecular complexity index is 1120. The average Bonchev–Trinajstić information content (AvgIpc) is 3.08. The van der Waals surface area contributed by atoms with E-state index in [0.29, 0.717) is 17.7 Å². The summed E-state index contributed by atoms with van der Waals surface area (Å²) in [6.07, 6.45) is 1.71. The van der Waals surface area contributed by atoms with Crippen molar-refractivity contribution in [1.82, 2.24) is 10.2 Å². The van der Waals surface area contributed by atoms with Gasteiger partial charge in [0.15, 0.2) is 0 Å². The molecule has 0 saturated carbocycles. The molecule has 1 aliphatic heterocycles. The Morgan fingerprint density at radius 1 is 1.10 bits per heavy atom. The van der Waals surface area contributed by atoms with Crippen LogP contribution in [0.25, 0.3) is 21.9 Å². The molecule has 1 N–H and O–H groups in total. The van der Waals surface area contributed by atoms with E-state index in [4.69, 9.17) is 13.6 Å². The highest BCUT2D eigenvalue weighted by molar-refractivity contribution is 6.00. The fourth-order valence-corrected chi connectivity index (χ4v) is 3.92. The van der Waals surface area contributed by atoms with E-state index in [1.165, 1.54) is 0 Å². The van der Waals surface area contributed by atoms with Crippen LogP contribution >= 0.6 is 0 Å². The van der Waals surface area contributed by atoms with E-state index in [1.807, 2.05) is 26.8 Å². The number of fused-ring (bicyclic) bond motifs is 2. The third kappa shape index (κ3) is 3.80. The first-order valence-corrected chi connectivity index (χ1v) is 9.96. The highest BCUT2D eigenvalue weighted by Crippen LogP contribution is 2.32. The molecular weight excluding hydrogens is 372 g/mol. The molecule has 154 valence electrons. The zero-order valence-corrected chi connectivity index (χ0v) is 17.1. The van der Waals surface area contributed by atoms with Gasteiger partial charge in [0.25, 0.3) is 0 Å². The standard InChI is InChI=1S/C22H26N2O5/c1-13-12-28-20-15(3)21-17(10-16(13)20)14(2)18(22(26)29-21)11-19(25)23-4-5-24-6-8-27-9-7-24/h10,12H,4-9,11H2,1-3H3,(H,23,25). The quantitative estimate of drug-likeness (QED) is 0.665. The van der Waals surface area contributed by atoms with Crippen LogP contribution < -0.4 is 10.9 Å². The summed E-state index contributed by atoms with van der Waals surface area (Å²) in [5.41, 5.74) is 3.79. The van der Waals surface area contributed by atoms with E-state index in [9.17, 15) is 9.59 Å². The van der Waals surface area contributed by atoms with Gasteiger partial charge in [0, 0.05) is 42.5 Å². The average molecular weight is 398 g/mol. The third-order valence-electron chi connectivity index (χ3n) is 5.73. The Hall–Kier alpha value is -2.64. The predicted molar refractivity (Wildman–Crippen MR) is 110 cm³/mol. The van der Waals surface area contributed by atoms with Crippen LogP contribution in [-0.4, -0.2) is 50.2 Å². The molecule has 1 saturated heterocycles. The van der Waals surface area contributed by atoms with Gasteiger partial charge in [-0.2, -0.15) is 0 Å². The van der Waals surface area contributed by atoms with Gasteiger partial charge in [0.1, 0.15) is 11.2 Å². The molecule has 3 aromatic rings. The van der Waals surface area contributed by atoms with Gasteiger partial charge in [-0.3, -0.25) is 9.69 Å². The fourth-order valence-electron chi connectivity index (χ4n) is 3.92. The number of ether oxygens (including phenoxy) is 1. The lowest BCUT2D eigenvalue weighted by Gasteiger charge is -2.26. The number of nitrogens with one attached hydrogen (secondary N) is 1. The number of nitrogens with zero attached hydrogens (tertiary/aromatic N) is 1. The normalized spacial score (nSPS) is 15.3. The number of hydrogen-bond donors (Lipinski definition) is 1. The van der Waals surface area contributed by atoms with Crippen molar-refractivity contribution in [3.63, 3.8) is 0 Å². The lowest BCUT2D eigenvalue weighted by Crippen LogP contribution is -2.41. The number of aryl methyl sites for hydroxylation is 3. The summed E-state index contributed by atoms with van der Waals surface area (Å²) >= 11 is 0. The minimum atomic E-state index is -0.468. The number of carbonyl (C=O) groups excluding carboxylic acids is 1. The summed E-state index contributed by atoms with van der Waals surface area (Å²) in [6.45, 7) is 10.3. The summed E-state index contributed by atoms with van der Waals surface area (Å²) in [5, 5.41) is 4.75. The van der Waals surface area contributed by atoms with Crippen LogP contribution in [0.3, 0.4) is 0 Å². The molecule has 3 heterocycles. The molecule has 29 heavy (non-hydrogen) atoms. The second-order valence-electron chi connectivity index (χ2n) is 7.65. The second kappa shape index (κ2) is 8.00. The fraction of sp³-hybridized carbons (Fsp3) is 0.455.